The molecule has 0 spiro atoms. The number of aryl methyl sites for hydroxylation is 2. The summed E-state index contributed by atoms with van der Waals surface area (Å²) in [7, 11) is 0. The monoisotopic (exact) mass is 326 g/mol. The number of carbonyl (C=O) groups is 1. The minimum atomic E-state index is 0.0365. The number of aromatic nitrogens is 3. The van der Waals surface area contributed by atoms with E-state index in [1.54, 1.807) is 22.0 Å². The van der Waals surface area contributed by atoms with Gasteiger partial charge in [-0.2, -0.15) is 5.10 Å². The van der Waals surface area contributed by atoms with Crippen molar-refractivity contribution in [2.75, 3.05) is 6.54 Å². The van der Waals surface area contributed by atoms with Gasteiger partial charge < -0.3 is 4.90 Å². The lowest BCUT2D eigenvalue weighted by Crippen LogP contribution is -2.38. The van der Waals surface area contributed by atoms with E-state index in [4.69, 9.17) is 0 Å². The molecule has 23 heavy (non-hydrogen) atoms. The normalized spacial score (nSPS) is 17.5. The molecule has 1 aliphatic rings. The number of nitrogens with zero attached hydrogens (tertiary/aromatic N) is 4. The number of fused-ring (bicyclic) bond motifs is 2. The van der Waals surface area contributed by atoms with Crippen molar-refractivity contribution in [2.24, 2.45) is 0 Å². The van der Waals surface area contributed by atoms with E-state index in [-0.39, 0.29) is 11.9 Å². The van der Waals surface area contributed by atoms with Gasteiger partial charge in [0.2, 0.25) is 0 Å². The smallest absolute Gasteiger partial charge is 0.257 e. The van der Waals surface area contributed by atoms with Crippen molar-refractivity contribution in [3.8, 4) is 0 Å². The van der Waals surface area contributed by atoms with Crippen LogP contribution in [0.1, 0.15) is 45.2 Å². The van der Waals surface area contributed by atoms with Gasteiger partial charge in [0.1, 0.15) is 0 Å². The molecule has 4 heterocycles. The van der Waals surface area contributed by atoms with Crippen LogP contribution in [-0.4, -0.2) is 31.9 Å². The van der Waals surface area contributed by atoms with Crippen LogP contribution in [0.4, 0.5) is 0 Å². The van der Waals surface area contributed by atoms with Crippen LogP contribution < -0.4 is 0 Å². The van der Waals surface area contributed by atoms with Crippen molar-refractivity contribution in [3.05, 3.63) is 51.1 Å². The molecule has 0 bridgehead atoms. The van der Waals surface area contributed by atoms with E-state index in [9.17, 15) is 4.79 Å². The minimum absolute atomic E-state index is 0.0365. The Morgan fingerprint density at radius 3 is 3.04 bits per heavy atom. The van der Waals surface area contributed by atoms with Crippen LogP contribution in [0.3, 0.4) is 0 Å². The SMILES string of the molecule is Cc1cc2ncc(C(=O)N3CCc4sccc4[C@@H]3C)c(C)n2n1. The molecule has 3 aromatic rings. The van der Waals surface area contributed by atoms with E-state index < -0.39 is 0 Å². The van der Waals surface area contributed by atoms with E-state index in [1.165, 1.54) is 10.4 Å². The fourth-order valence-corrected chi connectivity index (χ4v) is 4.28. The molecule has 1 aliphatic heterocycles. The Labute approximate surface area is 138 Å². The molecule has 6 heteroatoms. The van der Waals surface area contributed by atoms with Crippen molar-refractivity contribution in [1.29, 1.82) is 0 Å². The highest BCUT2D eigenvalue weighted by Crippen LogP contribution is 2.33. The van der Waals surface area contributed by atoms with Crippen molar-refractivity contribution in [3.63, 3.8) is 0 Å². The second-order valence-corrected chi connectivity index (χ2v) is 7.04. The molecular formula is C17H18N4OS. The molecule has 0 N–H and O–H groups in total. The van der Waals surface area contributed by atoms with E-state index in [0.29, 0.717) is 5.56 Å². The molecule has 0 saturated heterocycles. The van der Waals surface area contributed by atoms with Crippen molar-refractivity contribution in [1.82, 2.24) is 19.5 Å². The molecule has 0 aromatic carbocycles. The molecule has 1 amide bonds. The van der Waals surface area contributed by atoms with Gasteiger partial charge in [0.25, 0.3) is 5.91 Å². The van der Waals surface area contributed by atoms with Gasteiger partial charge in [-0.1, -0.05) is 0 Å². The number of hydrogen-bond acceptors (Lipinski definition) is 4. The quantitative estimate of drug-likeness (QED) is 0.690. The summed E-state index contributed by atoms with van der Waals surface area (Å²) in [5.41, 5.74) is 4.43. The Kier molecular flexibility index (Phi) is 3.23. The number of amides is 1. The molecule has 5 nitrogen and oxygen atoms in total. The Balaban J connectivity index is 1.74. The van der Waals surface area contributed by atoms with Gasteiger partial charge in [-0.3, -0.25) is 4.79 Å². The largest absolute Gasteiger partial charge is 0.331 e. The van der Waals surface area contributed by atoms with Crippen molar-refractivity contribution in [2.45, 2.75) is 33.2 Å². The number of hydrogen-bond donors (Lipinski definition) is 0. The summed E-state index contributed by atoms with van der Waals surface area (Å²) in [4.78, 5) is 20.8. The summed E-state index contributed by atoms with van der Waals surface area (Å²) in [5, 5.41) is 6.54. The molecule has 0 saturated carbocycles. The highest BCUT2D eigenvalue weighted by Gasteiger charge is 2.30. The molecule has 3 aromatic heterocycles. The van der Waals surface area contributed by atoms with Crippen molar-refractivity contribution >= 4 is 22.9 Å². The van der Waals surface area contributed by atoms with Gasteiger partial charge in [0.15, 0.2) is 5.65 Å². The lowest BCUT2D eigenvalue weighted by Gasteiger charge is -2.34. The second-order valence-electron chi connectivity index (χ2n) is 6.04. The maximum atomic E-state index is 13.1. The first-order valence-corrected chi connectivity index (χ1v) is 8.63. The van der Waals surface area contributed by atoms with Crippen molar-refractivity contribution < 1.29 is 4.79 Å². The molecule has 0 unspecified atom stereocenters. The lowest BCUT2D eigenvalue weighted by atomic mass is 10.0. The predicted octanol–water partition coefficient (Wildman–Crippen LogP) is 3.17. The highest BCUT2D eigenvalue weighted by atomic mass is 32.1. The summed E-state index contributed by atoms with van der Waals surface area (Å²) in [5.74, 6) is 0.0365. The first-order chi connectivity index (χ1) is 11.1. The van der Waals surface area contributed by atoms with Crippen LogP contribution in [0.2, 0.25) is 0 Å². The lowest BCUT2D eigenvalue weighted by molar-refractivity contribution is 0.0677. The fraction of sp³-hybridized carbons (Fsp3) is 0.353. The maximum Gasteiger partial charge on any atom is 0.257 e. The van der Waals surface area contributed by atoms with Gasteiger partial charge >= 0.3 is 0 Å². The summed E-state index contributed by atoms with van der Waals surface area (Å²) in [6.45, 7) is 6.71. The zero-order chi connectivity index (χ0) is 16.1. The molecule has 118 valence electrons. The summed E-state index contributed by atoms with van der Waals surface area (Å²) < 4.78 is 1.76. The van der Waals surface area contributed by atoms with Gasteiger partial charge in [-0.15, -0.1) is 11.3 Å². The molecule has 0 fully saturated rings. The standard InChI is InChI=1S/C17H18N4OS/c1-10-8-16-18-9-14(12(3)21(16)19-10)17(22)20-6-4-15-13(11(20)2)5-7-23-15/h5,7-9,11H,4,6H2,1-3H3/t11-/m0/s1. The molecule has 4 rings (SSSR count). The Hall–Kier alpha value is -2.21. The number of rotatable bonds is 1. The number of thiophene rings is 1. The third kappa shape index (κ3) is 2.16. The molecule has 0 radical (unpaired) electrons. The second kappa shape index (κ2) is 5.16. The first-order valence-electron chi connectivity index (χ1n) is 7.75. The first kappa shape index (κ1) is 14.4. The summed E-state index contributed by atoms with van der Waals surface area (Å²) in [6.07, 6.45) is 2.61. The molecule has 0 aliphatic carbocycles. The zero-order valence-corrected chi connectivity index (χ0v) is 14.2. The third-order valence-corrected chi connectivity index (χ3v) is 5.61. The van der Waals surface area contributed by atoms with E-state index in [0.717, 1.165) is 30.0 Å². The summed E-state index contributed by atoms with van der Waals surface area (Å²) in [6, 6.07) is 4.16. The van der Waals surface area contributed by atoms with E-state index in [1.807, 2.05) is 24.8 Å². The van der Waals surface area contributed by atoms with Crippen LogP contribution in [0.25, 0.3) is 5.65 Å². The van der Waals surface area contributed by atoms with Gasteiger partial charge in [-0.05, 0) is 44.2 Å². The Morgan fingerprint density at radius 2 is 2.22 bits per heavy atom. The Bertz CT molecular complexity index is 911. The van der Waals surface area contributed by atoms with Crippen LogP contribution in [0.5, 0.6) is 0 Å². The van der Waals surface area contributed by atoms with Gasteiger partial charge in [0, 0.05) is 23.7 Å². The average molecular weight is 326 g/mol. The van der Waals surface area contributed by atoms with Crippen LogP contribution in [0, 0.1) is 13.8 Å². The van der Waals surface area contributed by atoms with Crippen LogP contribution in [-0.2, 0) is 6.42 Å². The van der Waals surface area contributed by atoms with E-state index >= 15 is 0 Å². The van der Waals surface area contributed by atoms with Gasteiger partial charge in [0.05, 0.1) is 23.0 Å². The van der Waals surface area contributed by atoms with E-state index in [2.05, 4.69) is 28.5 Å². The fourth-order valence-electron chi connectivity index (χ4n) is 3.31. The third-order valence-electron chi connectivity index (χ3n) is 4.61. The topological polar surface area (TPSA) is 50.5 Å². The molecule has 1 atom stereocenters. The summed E-state index contributed by atoms with van der Waals surface area (Å²) >= 11 is 1.78. The average Bonchev–Trinajstić information content (AvgIpc) is 3.14. The predicted molar refractivity (Wildman–Crippen MR) is 89.9 cm³/mol. The van der Waals surface area contributed by atoms with Crippen LogP contribution >= 0.6 is 11.3 Å². The minimum Gasteiger partial charge on any atom is -0.331 e. The molecular weight excluding hydrogens is 308 g/mol. The number of carbonyl (C=O) groups excluding carboxylic acids is 1. The maximum absolute atomic E-state index is 13.1. The van der Waals surface area contributed by atoms with Crippen LogP contribution in [0.15, 0.2) is 23.7 Å². The van der Waals surface area contributed by atoms with Gasteiger partial charge in [-0.25, -0.2) is 9.50 Å². The Morgan fingerprint density at radius 1 is 1.39 bits per heavy atom. The zero-order valence-electron chi connectivity index (χ0n) is 13.4. The highest BCUT2D eigenvalue weighted by molar-refractivity contribution is 7.10.